The van der Waals surface area contributed by atoms with Crippen molar-refractivity contribution in [3.63, 3.8) is 0 Å². The van der Waals surface area contributed by atoms with Gasteiger partial charge in [0.15, 0.2) is 0 Å². The average Bonchev–Trinajstić information content (AvgIpc) is 3.68. The van der Waals surface area contributed by atoms with Gasteiger partial charge in [-0.25, -0.2) is 5.01 Å². The van der Waals surface area contributed by atoms with Crippen LogP contribution in [0.1, 0.15) is 36.4 Å². The number of allylic oxidation sites excluding steroid dienone is 1. The van der Waals surface area contributed by atoms with Crippen LogP contribution in [-0.4, -0.2) is 37.6 Å². The summed E-state index contributed by atoms with van der Waals surface area (Å²) in [5, 5.41) is 15.2. The summed E-state index contributed by atoms with van der Waals surface area (Å²) in [6, 6.07) is 24.1. The van der Waals surface area contributed by atoms with Crippen LogP contribution in [0.15, 0.2) is 99.3 Å². The first kappa shape index (κ1) is 22.5. The molecule has 1 aliphatic carbocycles. The molecule has 1 N–H and O–H groups in total. The highest BCUT2D eigenvalue weighted by Crippen LogP contribution is 2.44. The monoisotopic (exact) mass is 495 g/mol. The van der Waals surface area contributed by atoms with Crippen molar-refractivity contribution < 1.29 is 9.21 Å². The zero-order valence-electron chi connectivity index (χ0n) is 19.6. The summed E-state index contributed by atoms with van der Waals surface area (Å²) < 4.78 is 5.72. The van der Waals surface area contributed by atoms with E-state index in [9.17, 15) is 4.79 Å². The Morgan fingerprint density at radius 1 is 1.06 bits per heavy atom. The highest BCUT2D eigenvalue weighted by Gasteiger charge is 2.43. The Hall–Kier alpha value is -3.91. The third-order valence-corrected chi connectivity index (χ3v) is 7.40. The van der Waals surface area contributed by atoms with Crippen LogP contribution in [0, 0.1) is 5.92 Å². The lowest BCUT2D eigenvalue weighted by atomic mass is 9.77. The van der Waals surface area contributed by atoms with Crippen molar-refractivity contribution in [1.29, 1.82) is 0 Å². The number of benzene rings is 2. The maximum absolute atomic E-state index is 13.5. The van der Waals surface area contributed by atoms with Gasteiger partial charge >= 0.3 is 0 Å². The number of H-pyrrole nitrogens is 1. The van der Waals surface area contributed by atoms with Gasteiger partial charge in [0.05, 0.1) is 17.5 Å². The van der Waals surface area contributed by atoms with Gasteiger partial charge in [0, 0.05) is 12.1 Å². The van der Waals surface area contributed by atoms with Gasteiger partial charge < -0.3 is 9.40 Å². The third-order valence-electron chi connectivity index (χ3n) is 6.59. The molecule has 8 heteroatoms. The number of hydrogen-bond donors (Lipinski definition) is 1. The molecule has 0 spiro atoms. The van der Waals surface area contributed by atoms with E-state index < -0.39 is 0 Å². The van der Waals surface area contributed by atoms with Crippen LogP contribution in [0.5, 0.6) is 0 Å². The Morgan fingerprint density at radius 3 is 2.64 bits per heavy atom. The molecule has 1 fully saturated rings. The van der Waals surface area contributed by atoms with Gasteiger partial charge in [0.1, 0.15) is 5.69 Å². The summed E-state index contributed by atoms with van der Waals surface area (Å²) in [6.45, 7) is 0. The minimum Gasteiger partial charge on any atom is -0.410 e. The Labute approximate surface area is 213 Å². The molecule has 1 aliphatic heterocycles. The molecule has 7 nitrogen and oxygen atoms in total. The van der Waals surface area contributed by atoms with Gasteiger partial charge in [0.25, 0.3) is 17.0 Å². The van der Waals surface area contributed by atoms with E-state index in [2.05, 4.69) is 45.5 Å². The first-order valence-electron chi connectivity index (χ1n) is 12.1. The zero-order chi connectivity index (χ0) is 24.3. The number of hydrogen-bond acceptors (Lipinski definition) is 6. The van der Waals surface area contributed by atoms with Gasteiger partial charge in [-0.2, -0.15) is 5.10 Å². The normalized spacial score (nSPS) is 20.4. The molecule has 2 unspecified atom stereocenters. The molecule has 36 heavy (non-hydrogen) atoms. The number of thioether (sulfide) groups is 1. The molecule has 3 heterocycles. The quantitative estimate of drug-likeness (QED) is 0.333. The van der Waals surface area contributed by atoms with Crippen LogP contribution >= 0.6 is 11.8 Å². The Bertz CT molecular complexity index is 1400. The van der Waals surface area contributed by atoms with Crippen molar-refractivity contribution >= 4 is 29.5 Å². The second kappa shape index (κ2) is 9.99. The number of nitrogens with zero attached hydrogens (tertiary/aromatic N) is 4. The van der Waals surface area contributed by atoms with Crippen LogP contribution in [-0.2, 0) is 4.79 Å². The molecule has 2 aromatic carbocycles. The summed E-state index contributed by atoms with van der Waals surface area (Å²) in [7, 11) is 0. The molecule has 180 valence electrons. The van der Waals surface area contributed by atoms with Gasteiger partial charge in [-0.3, -0.25) is 4.79 Å². The van der Waals surface area contributed by atoms with Crippen LogP contribution < -0.4 is 0 Å². The number of hydrazone groups is 1. The molecule has 1 amide bonds. The van der Waals surface area contributed by atoms with E-state index >= 15 is 0 Å². The molecule has 2 atom stereocenters. The summed E-state index contributed by atoms with van der Waals surface area (Å²) >= 11 is 1.24. The van der Waals surface area contributed by atoms with Gasteiger partial charge in [-0.1, -0.05) is 72.4 Å². The van der Waals surface area contributed by atoms with E-state index in [0.29, 0.717) is 11.1 Å². The number of aromatic nitrogens is 3. The van der Waals surface area contributed by atoms with Crippen molar-refractivity contribution in [2.45, 2.75) is 30.5 Å². The largest absolute Gasteiger partial charge is 0.410 e. The summed E-state index contributed by atoms with van der Waals surface area (Å²) in [4.78, 5) is 16.6. The molecule has 6 rings (SSSR count). The van der Waals surface area contributed by atoms with E-state index in [0.717, 1.165) is 41.8 Å². The Kier molecular flexibility index (Phi) is 6.26. The number of nitrogens with one attached hydrogen (secondary N) is 1. The molecule has 2 aliphatic rings. The minimum absolute atomic E-state index is 0.0746. The van der Waals surface area contributed by atoms with Crippen molar-refractivity contribution in [2.75, 3.05) is 5.75 Å². The molecule has 1 saturated carbocycles. The predicted octanol–water partition coefficient (Wildman–Crippen LogP) is 5.98. The van der Waals surface area contributed by atoms with Crippen LogP contribution in [0.4, 0.5) is 0 Å². The van der Waals surface area contributed by atoms with Gasteiger partial charge in [-0.15, -0.1) is 10.2 Å². The topological polar surface area (TPSA) is 87.4 Å². The molecule has 0 radical (unpaired) electrons. The number of rotatable bonds is 6. The fourth-order valence-corrected chi connectivity index (χ4v) is 5.59. The van der Waals surface area contributed by atoms with Crippen LogP contribution in [0.3, 0.4) is 0 Å². The first-order valence-corrected chi connectivity index (χ1v) is 13.1. The maximum atomic E-state index is 13.5. The molecular formula is C28H25N5O2S. The van der Waals surface area contributed by atoms with E-state index in [4.69, 9.17) is 9.52 Å². The fourth-order valence-electron chi connectivity index (χ4n) is 4.97. The lowest BCUT2D eigenvalue weighted by molar-refractivity contribution is -0.130. The van der Waals surface area contributed by atoms with Gasteiger partial charge in [0.2, 0.25) is 0 Å². The van der Waals surface area contributed by atoms with Crippen LogP contribution in [0.2, 0.25) is 0 Å². The molecule has 4 aromatic rings. The maximum Gasteiger partial charge on any atom is 0.277 e. The molecule has 0 saturated heterocycles. The number of fused-ring (bicyclic) bond motifs is 1. The zero-order valence-corrected chi connectivity index (χ0v) is 20.4. The summed E-state index contributed by atoms with van der Waals surface area (Å²) in [5.74, 6) is 0.666. The van der Waals surface area contributed by atoms with E-state index in [1.165, 1.54) is 17.3 Å². The average molecular weight is 496 g/mol. The smallest absolute Gasteiger partial charge is 0.277 e. The molecule has 0 bridgehead atoms. The van der Waals surface area contributed by atoms with Crippen molar-refractivity contribution in [2.24, 2.45) is 11.0 Å². The van der Waals surface area contributed by atoms with Crippen LogP contribution in [0.25, 0.3) is 17.7 Å². The lowest BCUT2D eigenvalue weighted by Gasteiger charge is -2.29. The second-order valence-electron chi connectivity index (χ2n) is 8.90. The fraction of sp³-hybridized carbons (Fsp3) is 0.214. The molecular weight excluding hydrogens is 470 g/mol. The highest BCUT2D eigenvalue weighted by molar-refractivity contribution is 7.99. The number of carbonyl (C=O) groups excluding carboxylic acids is 1. The standard InChI is InChI=1S/C28H25N5O2S/c34-24(18-36-28-31-30-27(35-28)23-15-8-16-29-23)33-26(20-11-5-2-6-12-20)22-14-7-13-21(25(22)32-33)17-19-9-3-1-4-10-19/h1-6,8-12,15-17,22,26,29H,7,13-14,18H2/b21-17-. The van der Waals surface area contributed by atoms with Crippen molar-refractivity contribution in [3.8, 4) is 11.6 Å². The van der Waals surface area contributed by atoms with Crippen molar-refractivity contribution in [1.82, 2.24) is 20.2 Å². The summed E-state index contributed by atoms with van der Waals surface area (Å²) in [6.07, 6.45) is 7.06. The van der Waals surface area contributed by atoms with E-state index in [1.807, 2.05) is 48.5 Å². The lowest BCUT2D eigenvalue weighted by Crippen LogP contribution is -2.32. The SMILES string of the molecule is O=C(CSc1nnc(-c2ccc[nH]2)o1)N1N=C2/C(=C\c3ccccc3)CCCC2C1c1ccccc1. The molecule has 2 aromatic heterocycles. The minimum atomic E-state index is -0.120. The Morgan fingerprint density at radius 2 is 1.86 bits per heavy atom. The van der Waals surface area contributed by atoms with Gasteiger partial charge in [-0.05, 0) is 54.2 Å². The van der Waals surface area contributed by atoms with E-state index in [-0.39, 0.29) is 23.6 Å². The third kappa shape index (κ3) is 4.52. The number of amides is 1. The number of aromatic amines is 1. The second-order valence-corrected chi connectivity index (χ2v) is 9.83. The highest BCUT2D eigenvalue weighted by atomic mass is 32.2. The predicted molar refractivity (Wildman–Crippen MR) is 140 cm³/mol. The summed E-state index contributed by atoms with van der Waals surface area (Å²) in [5.41, 5.74) is 5.25. The van der Waals surface area contributed by atoms with E-state index in [1.54, 1.807) is 11.2 Å². The number of carbonyl (C=O) groups is 1. The Balaban J connectivity index is 1.26. The first-order chi connectivity index (χ1) is 17.8. The van der Waals surface area contributed by atoms with Crippen molar-refractivity contribution in [3.05, 3.63) is 95.7 Å².